The Labute approximate surface area is 111 Å². The molecule has 0 aromatic carbocycles. The topological polar surface area (TPSA) is 111 Å². The summed E-state index contributed by atoms with van der Waals surface area (Å²) in [5.74, 6) is -0.213. The molecule has 1 aliphatic carbocycles. The molecule has 6 nitrogen and oxygen atoms in total. The molecule has 1 fully saturated rings. The number of nitrogens with one attached hydrogen (secondary N) is 1. The van der Waals surface area contributed by atoms with Gasteiger partial charge in [0.25, 0.3) is 5.91 Å². The molecule has 104 valence electrons. The summed E-state index contributed by atoms with van der Waals surface area (Å²) in [6, 6.07) is 3.10. The lowest BCUT2D eigenvalue weighted by molar-refractivity contribution is -0.127. The number of primary amides is 1. The Morgan fingerprint density at radius 3 is 2.53 bits per heavy atom. The van der Waals surface area contributed by atoms with Gasteiger partial charge in [0.2, 0.25) is 5.91 Å². The molecule has 1 saturated carbocycles. The second-order valence-corrected chi connectivity index (χ2v) is 5.03. The molecular formula is C13H19N3O3. The van der Waals surface area contributed by atoms with Gasteiger partial charge < -0.3 is 21.2 Å². The Kier molecular flexibility index (Phi) is 3.90. The number of hydrogen-bond donors (Lipinski definition) is 3. The molecule has 1 aromatic rings. The SMILES string of the molecule is NC(=O)c1ccc(CNC(=O)C2(N)CCCCC2)o1. The Morgan fingerprint density at radius 1 is 1.26 bits per heavy atom. The van der Waals surface area contributed by atoms with Crippen LogP contribution in [0.25, 0.3) is 0 Å². The summed E-state index contributed by atoms with van der Waals surface area (Å²) in [6.45, 7) is 0.213. The van der Waals surface area contributed by atoms with E-state index in [0.717, 1.165) is 19.3 Å². The molecule has 0 saturated heterocycles. The Hall–Kier alpha value is -1.82. The summed E-state index contributed by atoms with van der Waals surface area (Å²) < 4.78 is 5.19. The van der Waals surface area contributed by atoms with Crippen LogP contribution in [0.5, 0.6) is 0 Å². The van der Waals surface area contributed by atoms with Crippen LogP contribution in [0.15, 0.2) is 16.5 Å². The second kappa shape index (κ2) is 5.44. The maximum atomic E-state index is 12.1. The smallest absolute Gasteiger partial charge is 0.284 e. The quantitative estimate of drug-likeness (QED) is 0.742. The van der Waals surface area contributed by atoms with Crippen LogP contribution in [0.2, 0.25) is 0 Å². The number of carbonyl (C=O) groups is 2. The van der Waals surface area contributed by atoms with Gasteiger partial charge in [-0.2, -0.15) is 0 Å². The lowest BCUT2D eigenvalue weighted by Gasteiger charge is -2.31. The van der Waals surface area contributed by atoms with Crippen LogP contribution in [0.1, 0.15) is 48.4 Å². The molecular weight excluding hydrogens is 246 g/mol. The molecule has 0 unspecified atom stereocenters. The number of furan rings is 1. The van der Waals surface area contributed by atoms with E-state index in [1.807, 2.05) is 0 Å². The molecule has 0 bridgehead atoms. The van der Waals surface area contributed by atoms with Gasteiger partial charge in [0.05, 0.1) is 12.1 Å². The average Bonchev–Trinajstić information content (AvgIpc) is 2.85. The van der Waals surface area contributed by atoms with Crippen LogP contribution in [-0.2, 0) is 11.3 Å². The molecule has 2 amide bonds. The highest BCUT2D eigenvalue weighted by Gasteiger charge is 2.35. The molecule has 19 heavy (non-hydrogen) atoms. The predicted octanol–water partition coefficient (Wildman–Crippen LogP) is 0.656. The zero-order chi connectivity index (χ0) is 13.9. The van der Waals surface area contributed by atoms with Gasteiger partial charge in [-0.1, -0.05) is 19.3 Å². The van der Waals surface area contributed by atoms with Crippen molar-refractivity contribution in [2.24, 2.45) is 11.5 Å². The highest BCUT2D eigenvalue weighted by molar-refractivity contribution is 5.90. The van der Waals surface area contributed by atoms with E-state index in [2.05, 4.69) is 5.32 Å². The van der Waals surface area contributed by atoms with Gasteiger partial charge in [-0.05, 0) is 25.0 Å². The lowest BCUT2D eigenvalue weighted by atomic mass is 9.82. The van der Waals surface area contributed by atoms with Gasteiger partial charge in [-0.15, -0.1) is 0 Å². The summed E-state index contributed by atoms with van der Waals surface area (Å²) in [4.78, 5) is 22.9. The molecule has 0 spiro atoms. The Bertz CT molecular complexity index is 475. The summed E-state index contributed by atoms with van der Waals surface area (Å²) in [6.07, 6.45) is 4.52. The number of carbonyl (C=O) groups excluding carboxylic acids is 2. The van der Waals surface area contributed by atoms with Crippen molar-refractivity contribution in [3.05, 3.63) is 23.7 Å². The van der Waals surface area contributed by atoms with Crippen LogP contribution in [-0.4, -0.2) is 17.4 Å². The highest BCUT2D eigenvalue weighted by Crippen LogP contribution is 2.26. The summed E-state index contributed by atoms with van der Waals surface area (Å²) in [5, 5.41) is 2.75. The summed E-state index contributed by atoms with van der Waals surface area (Å²) in [5.41, 5.74) is 10.4. The monoisotopic (exact) mass is 265 g/mol. The van der Waals surface area contributed by atoms with E-state index in [9.17, 15) is 9.59 Å². The molecule has 0 aliphatic heterocycles. The van der Waals surface area contributed by atoms with E-state index in [1.54, 1.807) is 6.07 Å². The van der Waals surface area contributed by atoms with Crippen molar-refractivity contribution in [3.8, 4) is 0 Å². The van der Waals surface area contributed by atoms with Gasteiger partial charge in [0.1, 0.15) is 5.76 Å². The number of amides is 2. The van der Waals surface area contributed by atoms with E-state index < -0.39 is 11.4 Å². The van der Waals surface area contributed by atoms with Crippen LogP contribution in [0, 0.1) is 0 Å². The maximum absolute atomic E-state index is 12.1. The minimum Gasteiger partial charge on any atom is -0.454 e. The summed E-state index contributed by atoms with van der Waals surface area (Å²) >= 11 is 0. The molecule has 1 aliphatic rings. The van der Waals surface area contributed by atoms with Gasteiger partial charge >= 0.3 is 0 Å². The third kappa shape index (κ3) is 3.14. The first-order valence-corrected chi connectivity index (χ1v) is 6.47. The largest absolute Gasteiger partial charge is 0.454 e. The third-order valence-corrected chi connectivity index (χ3v) is 3.53. The van der Waals surface area contributed by atoms with E-state index in [1.165, 1.54) is 6.07 Å². The van der Waals surface area contributed by atoms with Crippen LogP contribution in [0.3, 0.4) is 0 Å². The molecule has 2 rings (SSSR count). The first-order valence-electron chi connectivity index (χ1n) is 6.47. The third-order valence-electron chi connectivity index (χ3n) is 3.53. The average molecular weight is 265 g/mol. The first kappa shape index (κ1) is 13.6. The van der Waals surface area contributed by atoms with E-state index in [4.69, 9.17) is 15.9 Å². The number of hydrogen-bond acceptors (Lipinski definition) is 4. The molecule has 1 heterocycles. The fraction of sp³-hybridized carbons (Fsp3) is 0.538. The highest BCUT2D eigenvalue weighted by atomic mass is 16.4. The Morgan fingerprint density at radius 2 is 1.95 bits per heavy atom. The van der Waals surface area contributed by atoms with Gasteiger partial charge in [-0.25, -0.2) is 0 Å². The molecule has 0 atom stereocenters. The first-order chi connectivity index (χ1) is 9.01. The van der Waals surface area contributed by atoms with E-state index in [-0.39, 0.29) is 18.2 Å². The molecule has 0 radical (unpaired) electrons. The van der Waals surface area contributed by atoms with Crippen molar-refractivity contribution in [3.63, 3.8) is 0 Å². The van der Waals surface area contributed by atoms with E-state index >= 15 is 0 Å². The van der Waals surface area contributed by atoms with Crippen LogP contribution in [0.4, 0.5) is 0 Å². The fourth-order valence-corrected chi connectivity index (χ4v) is 2.36. The standard InChI is InChI=1S/C13H19N3O3/c14-11(17)10-5-4-9(19-10)8-16-12(18)13(15)6-2-1-3-7-13/h4-5H,1-3,6-8,15H2,(H2,14,17)(H,16,18). The molecule has 5 N–H and O–H groups in total. The molecule has 6 heteroatoms. The minimum absolute atomic E-state index is 0.0874. The zero-order valence-corrected chi connectivity index (χ0v) is 10.8. The van der Waals surface area contributed by atoms with Crippen LogP contribution < -0.4 is 16.8 Å². The van der Waals surface area contributed by atoms with E-state index in [0.29, 0.717) is 18.6 Å². The van der Waals surface area contributed by atoms with Gasteiger partial charge in [0.15, 0.2) is 5.76 Å². The Balaban J connectivity index is 1.90. The zero-order valence-electron chi connectivity index (χ0n) is 10.8. The number of rotatable bonds is 4. The predicted molar refractivity (Wildman–Crippen MR) is 69.1 cm³/mol. The van der Waals surface area contributed by atoms with Crippen molar-refractivity contribution in [2.75, 3.05) is 0 Å². The van der Waals surface area contributed by atoms with Crippen LogP contribution >= 0.6 is 0 Å². The van der Waals surface area contributed by atoms with Crippen molar-refractivity contribution in [1.29, 1.82) is 0 Å². The van der Waals surface area contributed by atoms with Crippen molar-refractivity contribution in [2.45, 2.75) is 44.2 Å². The second-order valence-electron chi connectivity index (χ2n) is 5.03. The maximum Gasteiger partial charge on any atom is 0.284 e. The normalized spacial score (nSPS) is 17.9. The minimum atomic E-state index is -0.767. The summed E-state index contributed by atoms with van der Waals surface area (Å²) in [7, 11) is 0. The van der Waals surface area contributed by atoms with Gasteiger partial charge in [-0.3, -0.25) is 9.59 Å². The van der Waals surface area contributed by atoms with Gasteiger partial charge in [0, 0.05) is 0 Å². The van der Waals surface area contributed by atoms with Crippen molar-refractivity contribution in [1.82, 2.24) is 5.32 Å². The fourth-order valence-electron chi connectivity index (χ4n) is 2.36. The van der Waals surface area contributed by atoms with Crippen molar-refractivity contribution < 1.29 is 14.0 Å². The number of nitrogens with two attached hydrogens (primary N) is 2. The lowest BCUT2D eigenvalue weighted by Crippen LogP contribution is -2.54. The van der Waals surface area contributed by atoms with Crippen molar-refractivity contribution >= 4 is 11.8 Å². The molecule has 1 aromatic heterocycles.